The Kier molecular flexibility index (Phi) is 2.94. The Morgan fingerprint density at radius 2 is 1.86 bits per heavy atom. The van der Waals surface area contributed by atoms with Gasteiger partial charge >= 0.3 is 0 Å². The zero-order valence-corrected chi connectivity index (χ0v) is 13.3. The van der Waals surface area contributed by atoms with Gasteiger partial charge in [-0.25, -0.2) is 0 Å². The van der Waals surface area contributed by atoms with Crippen LogP contribution in [0.25, 0.3) is 0 Å². The summed E-state index contributed by atoms with van der Waals surface area (Å²) in [5.74, 6) is 0.589. The van der Waals surface area contributed by atoms with Crippen LogP contribution in [0, 0.1) is 23.2 Å². The molecule has 2 bridgehead atoms. The van der Waals surface area contributed by atoms with Crippen LogP contribution in [0.4, 0.5) is 0 Å². The molecule has 2 nitrogen and oxygen atoms in total. The van der Waals surface area contributed by atoms with E-state index in [2.05, 4.69) is 32.1 Å². The van der Waals surface area contributed by atoms with Crippen molar-refractivity contribution in [3.8, 4) is 0 Å². The summed E-state index contributed by atoms with van der Waals surface area (Å²) in [7, 11) is 0. The van der Waals surface area contributed by atoms with Crippen LogP contribution in [0.3, 0.4) is 0 Å². The van der Waals surface area contributed by atoms with E-state index in [0.717, 1.165) is 24.0 Å². The molecule has 4 rings (SSSR count). The van der Waals surface area contributed by atoms with Crippen molar-refractivity contribution in [3.63, 3.8) is 0 Å². The predicted octanol–water partition coefficient (Wildman–Crippen LogP) is 3.95. The Balaban J connectivity index is 1.77. The van der Waals surface area contributed by atoms with Gasteiger partial charge in [-0.3, -0.25) is 9.59 Å². The van der Waals surface area contributed by atoms with Gasteiger partial charge in [0.25, 0.3) is 0 Å². The molecule has 4 aliphatic rings. The minimum Gasteiger partial charge on any atom is -0.294 e. The average molecular weight is 294 g/mol. The van der Waals surface area contributed by atoms with Crippen LogP contribution in [-0.4, -0.2) is 11.6 Å². The van der Waals surface area contributed by atoms with E-state index in [4.69, 9.17) is 0 Å². The predicted molar refractivity (Wildman–Crippen MR) is 86.1 cm³/mol. The summed E-state index contributed by atoms with van der Waals surface area (Å²) in [6, 6.07) is 0. The fourth-order valence-electron chi connectivity index (χ4n) is 4.95. The maximum atomic E-state index is 13.1. The van der Waals surface area contributed by atoms with Gasteiger partial charge in [0.15, 0.2) is 11.6 Å². The third-order valence-electron chi connectivity index (χ3n) is 5.98. The third kappa shape index (κ3) is 1.73. The summed E-state index contributed by atoms with van der Waals surface area (Å²) >= 11 is 0. The normalized spacial score (nSPS) is 38.4. The van der Waals surface area contributed by atoms with Crippen molar-refractivity contribution in [1.82, 2.24) is 0 Å². The van der Waals surface area contributed by atoms with Crippen LogP contribution < -0.4 is 0 Å². The number of carbonyl (C=O) groups is 2. The quantitative estimate of drug-likeness (QED) is 0.723. The molecule has 0 aromatic rings. The van der Waals surface area contributed by atoms with E-state index < -0.39 is 0 Å². The van der Waals surface area contributed by atoms with Gasteiger partial charge in [0, 0.05) is 28.4 Å². The fraction of sp³-hybridized carbons (Fsp3) is 0.500. The Morgan fingerprint density at radius 1 is 1.18 bits per heavy atom. The average Bonchev–Trinajstić information content (AvgIpc) is 3.07. The zero-order chi connectivity index (χ0) is 15.5. The van der Waals surface area contributed by atoms with Gasteiger partial charge in [0.1, 0.15) is 0 Å². The minimum atomic E-state index is -0.115. The molecule has 0 N–H and O–H groups in total. The van der Waals surface area contributed by atoms with Crippen LogP contribution in [0.5, 0.6) is 0 Å². The highest BCUT2D eigenvalue weighted by molar-refractivity contribution is 6.15. The second kappa shape index (κ2) is 4.65. The number of allylic oxidation sites excluding steroid dienone is 8. The van der Waals surface area contributed by atoms with Crippen molar-refractivity contribution in [2.24, 2.45) is 23.2 Å². The summed E-state index contributed by atoms with van der Waals surface area (Å²) in [5.41, 5.74) is 2.79. The van der Waals surface area contributed by atoms with E-state index in [9.17, 15) is 9.59 Å². The van der Waals surface area contributed by atoms with E-state index in [-0.39, 0.29) is 34.7 Å². The lowest BCUT2D eigenvalue weighted by Gasteiger charge is -2.39. The molecule has 22 heavy (non-hydrogen) atoms. The van der Waals surface area contributed by atoms with Crippen molar-refractivity contribution in [2.75, 3.05) is 0 Å². The molecule has 4 atom stereocenters. The number of ketones is 2. The van der Waals surface area contributed by atoms with Crippen LogP contribution in [0.15, 0.2) is 47.1 Å². The van der Waals surface area contributed by atoms with Gasteiger partial charge in [-0.2, -0.15) is 0 Å². The minimum absolute atomic E-state index is 0.0895. The number of hydrogen-bond acceptors (Lipinski definition) is 2. The largest absolute Gasteiger partial charge is 0.294 e. The topological polar surface area (TPSA) is 34.1 Å². The Hall–Kier alpha value is -1.70. The first-order chi connectivity index (χ1) is 10.5. The molecule has 2 heteroatoms. The van der Waals surface area contributed by atoms with Gasteiger partial charge in [0.2, 0.25) is 0 Å². The first-order valence-electron chi connectivity index (χ1n) is 8.32. The van der Waals surface area contributed by atoms with E-state index in [0.29, 0.717) is 12.8 Å². The molecule has 114 valence electrons. The summed E-state index contributed by atoms with van der Waals surface area (Å²) in [5, 5.41) is 0. The lowest BCUT2D eigenvalue weighted by Crippen LogP contribution is -2.44. The number of fused-ring (bicyclic) bond motifs is 5. The Morgan fingerprint density at radius 3 is 2.55 bits per heavy atom. The molecule has 0 heterocycles. The Labute approximate surface area is 131 Å². The van der Waals surface area contributed by atoms with Crippen LogP contribution in [0.2, 0.25) is 0 Å². The summed E-state index contributed by atoms with van der Waals surface area (Å²) in [6.45, 7) is 4.19. The standard InChI is InChI=1S/C20H22O2/c1-12(2)7-9-20-10-8-13(11-20)16-17(20)19(22)15-6-4-3-5-14(15)18(16)21/h3-4,7-8,10,13,16-17H,5-6,9,11H2,1-2H3/t13-,16?,17?,20+/m1/s1. The molecule has 0 aromatic carbocycles. The summed E-state index contributed by atoms with van der Waals surface area (Å²) in [4.78, 5) is 26.1. The SMILES string of the molecule is CC(C)=CC[C@]12C=C[C@H](C1)C1C(=O)C3=C(CC=CC3)C(=O)C12. The molecule has 2 unspecified atom stereocenters. The third-order valence-corrected chi connectivity index (χ3v) is 5.98. The van der Waals surface area contributed by atoms with Gasteiger partial charge in [0.05, 0.1) is 0 Å². The maximum Gasteiger partial charge on any atom is 0.164 e. The molecule has 0 amide bonds. The highest BCUT2D eigenvalue weighted by Crippen LogP contribution is 2.62. The molecular weight excluding hydrogens is 272 g/mol. The highest BCUT2D eigenvalue weighted by atomic mass is 16.1. The summed E-state index contributed by atoms with van der Waals surface area (Å²) < 4.78 is 0. The lowest BCUT2D eigenvalue weighted by atomic mass is 9.62. The van der Waals surface area contributed by atoms with E-state index in [1.54, 1.807) is 0 Å². The molecule has 1 fully saturated rings. The molecule has 0 aromatic heterocycles. The number of carbonyl (C=O) groups excluding carboxylic acids is 2. The molecule has 0 aliphatic heterocycles. The number of Topliss-reactive ketones (excluding diaryl/α,β-unsaturated/α-hetero) is 2. The molecular formula is C20H22O2. The summed E-state index contributed by atoms with van der Waals surface area (Å²) in [6.07, 6.45) is 13.9. The lowest BCUT2D eigenvalue weighted by molar-refractivity contribution is -0.132. The van der Waals surface area contributed by atoms with Crippen molar-refractivity contribution < 1.29 is 9.59 Å². The number of rotatable bonds is 2. The van der Waals surface area contributed by atoms with Crippen LogP contribution in [0.1, 0.15) is 39.5 Å². The number of hydrogen-bond donors (Lipinski definition) is 0. The van der Waals surface area contributed by atoms with Gasteiger partial charge in [-0.1, -0.05) is 36.0 Å². The van der Waals surface area contributed by atoms with Gasteiger partial charge in [-0.05, 0) is 45.4 Å². The van der Waals surface area contributed by atoms with Crippen molar-refractivity contribution in [1.29, 1.82) is 0 Å². The molecule has 1 saturated carbocycles. The Bertz CT molecular complexity index is 684. The first-order valence-corrected chi connectivity index (χ1v) is 8.32. The second-order valence-corrected chi connectivity index (χ2v) is 7.51. The van der Waals surface area contributed by atoms with Crippen molar-refractivity contribution in [2.45, 2.75) is 39.5 Å². The molecule has 0 saturated heterocycles. The van der Waals surface area contributed by atoms with Gasteiger partial charge < -0.3 is 0 Å². The maximum absolute atomic E-state index is 13.1. The molecule has 4 aliphatic carbocycles. The smallest absolute Gasteiger partial charge is 0.164 e. The van der Waals surface area contributed by atoms with Crippen molar-refractivity contribution >= 4 is 11.6 Å². The van der Waals surface area contributed by atoms with Crippen LogP contribution in [-0.2, 0) is 9.59 Å². The highest BCUT2D eigenvalue weighted by Gasteiger charge is 2.61. The van der Waals surface area contributed by atoms with Crippen molar-refractivity contribution in [3.05, 3.63) is 47.1 Å². The fourth-order valence-corrected chi connectivity index (χ4v) is 4.95. The monoisotopic (exact) mass is 294 g/mol. The van der Waals surface area contributed by atoms with E-state index >= 15 is 0 Å². The molecule has 0 radical (unpaired) electrons. The second-order valence-electron chi connectivity index (χ2n) is 7.51. The first kappa shape index (κ1) is 13.9. The zero-order valence-electron chi connectivity index (χ0n) is 13.3. The molecule has 0 spiro atoms. The van der Waals surface area contributed by atoms with E-state index in [1.807, 2.05) is 12.2 Å². The van der Waals surface area contributed by atoms with Crippen LogP contribution >= 0.6 is 0 Å². The van der Waals surface area contributed by atoms with E-state index in [1.165, 1.54) is 5.57 Å². The van der Waals surface area contributed by atoms with Gasteiger partial charge in [-0.15, -0.1) is 0 Å².